The van der Waals surface area contributed by atoms with Crippen molar-refractivity contribution in [2.75, 3.05) is 6.54 Å². The molecule has 3 rings (SSSR count). The summed E-state index contributed by atoms with van der Waals surface area (Å²) in [6.07, 6.45) is 0.674. The highest BCUT2D eigenvalue weighted by Crippen LogP contribution is 2.49. The van der Waals surface area contributed by atoms with Crippen LogP contribution < -0.4 is 16.4 Å². The minimum Gasteiger partial charge on any atom is -0.354 e. The zero-order chi connectivity index (χ0) is 25.5. The third kappa shape index (κ3) is 5.76. The second-order valence-electron chi connectivity index (χ2n) is 11.8. The fourth-order valence-corrected chi connectivity index (χ4v) is 5.10. The third-order valence-electron chi connectivity index (χ3n) is 6.36. The van der Waals surface area contributed by atoms with Gasteiger partial charge in [-0.1, -0.05) is 89.0 Å². The van der Waals surface area contributed by atoms with Gasteiger partial charge in [0.25, 0.3) is 0 Å². The van der Waals surface area contributed by atoms with Crippen LogP contribution in [0.15, 0.2) is 42.5 Å². The lowest BCUT2D eigenvalue weighted by Gasteiger charge is -2.39. The predicted molar refractivity (Wildman–Crippen MR) is 139 cm³/mol. The van der Waals surface area contributed by atoms with Gasteiger partial charge in [0.15, 0.2) is 0 Å². The molecule has 4 atom stereocenters. The van der Waals surface area contributed by atoms with Crippen molar-refractivity contribution in [2.45, 2.75) is 71.5 Å². The van der Waals surface area contributed by atoms with Crippen molar-refractivity contribution in [2.24, 2.45) is 16.6 Å². The Morgan fingerprint density at radius 1 is 1.06 bits per heavy atom. The molecule has 0 saturated carbocycles. The van der Waals surface area contributed by atoms with Gasteiger partial charge >= 0.3 is 0 Å². The third-order valence-corrected chi connectivity index (χ3v) is 6.90. The number of rotatable bonds is 5. The zero-order valence-electron chi connectivity index (χ0n) is 20.8. The second-order valence-corrected chi connectivity index (χ2v) is 12.6. The lowest BCUT2D eigenvalue weighted by atomic mass is 9.68. The first-order valence-electron chi connectivity index (χ1n) is 11.7. The summed E-state index contributed by atoms with van der Waals surface area (Å²) in [4.78, 5) is 13.6. The van der Waals surface area contributed by atoms with Crippen molar-refractivity contribution in [1.82, 2.24) is 10.6 Å². The average molecular weight is 509 g/mol. The first-order valence-corrected chi connectivity index (χ1v) is 12.4. The van der Waals surface area contributed by atoms with Crippen LogP contribution in [0.2, 0.25) is 10.0 Å². The van der Waals surface area contributed by atoms with E-state index >= 15 is 4.39 Å². The van der Waals surface area contributed by atoms with Crippen LogP contribution in [0, 0.1) is 16.6 Å². The predicted octanol–water partition coefficient (Wildman–Crippen LogP) is 6.01. The molecule has 7 heteroatoms. The van der Waals surface area contributed by atoms with Crippen LogP contribution in [0.1, 0.15) is 65.0 Å². The van der Waals surface area contributed by atoms with Gasteiger partial charge in [0.1, 0.15) is 5.82 Å². The molecule has 0 aromatic heterocycles. The number of hydrogen-bond acceptors (Lipinski definition) is 3. The van der Waals surface area contributed by atoms with Gasteiger partial charge in [-0.2, -0.15) is 0 Å². The largest absolute Gasteiger partial charge is 0.354 e. The van der Waals surface area contributed by atoms with E-state index in [0.29, 0.717) is 23.6 Å². The van der Waals surface area contributed by atoms with Crippen LogP contribution in [0.3, 0.4) is 0 Å². The van der Waals surface area contributed by atoms with E-state index in [-0.39, 0.29) is 27.8 Å². The maximum absolute atomic E-state index is 15.5. The van der Waals surface area contributed by atoms with E-state index in [1.54, 1.807) is 24.3 Å². The smallest absolute Gasteiger partial charge is 0.237 e. The Hall–Kier alpha value is -1.66. The molecule has 0 radical (unpaired) electrons. The number of halogens is 3. The first-order chi connectivity index (χ1) is 15.6. The summed E-state index contributed by atoms with van der Waals surface area (Å²) < 4.78 is 15.5. The normalized spacial score (nSPS) is 25.4. The summed E-state index contributed by atoms with van der Waals surface area (Å²) in [5.41, 5.74) is 7.11. The maximum Gasteiger partial charge on any atom is 0.237 e. The number of benzene rings is 2. The molecule has 1 fully saturated rings. The van der Waals surface area contributed by atoms with Crippen LogP contribution in [0.5, 0.6) is 0 Å². The number of amides is 1. The van der Waals surface area contributed by atoms with Crippen molar-refractivity contribution >= 4 is 29.1 Å². The number of hydrogen-bond donors (Lipinski definition) is 3. The molecule has 0 spiro atoms. The molecule has 2 aromatic rings. The van der Waals surface area contributed by atoms with Gasteiger partial charge in [0.2, 0.25) is 5.91 Å². The molecule has 4 unspecified atom stereocenters. The highest BCUT2D eigenvalue weighted by Gasteiger charge is 2.57. The summed E-state index contributed by atoms with van der Waals surface area (Å²) in [5.74, 6) is -1.45. The lowest BCUT2D eigenvalue weighted by molar-refractivity contribution is -0.123. The Kier molecular flexibility index (Phi) is 7.74. The topological polar surface area (TPSA) is 67.2 Å². The van der Waals surface area contributed by atoms with E-state index < -0.39 is 23.3 Å². The number of nitrogens with two attached hydrogens (primary N) is 1. The molecule has 1 saturated heterocycles. The molecule has 1 heterocycles. The SMILES string of the molecule is CC(C)(C)CNC(=O)C1NC(CC(C)(C)C)C(N)(c2ccc(Cl)cc2)C1c1cccc(Cl)c1F. The van der Waals surface area contributed by atoms with Gasteiger partial charge in [-0.25, -0.2) is 4.39 Å². The summed E-state index contributed by atoms with van der Waals surface area (Å²) >= 11 is 12.4. The highest BCUT2D eigenvalue weighted by atomic mass is 35.5. The monoisotopic (exact) mass is 507 g/mol. The van der Waals surface area contributed by atoms with Crippen molar-refractivity contribution in [3.63, 3.8) is 0 Å². The van der Waals surface area contributed by atoms with Gasteiger partial charge in [-0.05, 0) is 46.6 Å². The quantitative estimate of drug-likeness (QED) is 0.464. The van der Waals surface area contributed by atoms with Crippen LogP contribution in [-0.2, 0) is 10.3 Å². The Morgan fingerprint density at radius 2 is 1.68 bits per heavy atom. The molecule has 2 aromatic carbocycles. The lowest BCUT2D eigenvalue weighted by Crippen LogP contribution is -2.52. The molecule has 0 aliphatic carbocycles. The van der Waals surface area contributed by atoms with Gasteiger partial charge in [0.05, 0.1) is 16.6 Å². The van der Waals surface area contributed by atoms with Crippen LogP contribution in [0.25, 0.3) is 0 Å². The van der Waals surface area contributed by atoms with Crippen LogP contribution >= 0.6 is 23.2 Å². The van der Waals surface area contributed by atoms with Crippen molar-refractivity contribution < 1.29 is 9.18 Å². The highest BCUT2D eigenvalue weighted by molar-refractivity contribution is 6.31. The summed E-state index contributed by atoms with van der Waals surface area (Å²) in [6, 6.07) is 11.1. The molecule has 4 N–H and O–H groups in total. The number of carbonyl (C=O) groups excluding carboxylic acids is 1. The molecule has 1 aliphatic rings. The minimum atomic E-state index is -1.09. The summed E-state index contributed by atoms with van der Waals surface area (Å²) in [6.45, 7) is 13.0. The van der Waals surface area contributed by atoms with E-state index in [0.717, 1.165) is 5.56 Å². The Labute approximate surface area is 212 Å². The molecule has 1 aliphatic heterocycles. The average Bonchev–Trinajstić information content (AvgIpc) is 3.00. The van der Waals surface area contributed by atoms with E-state index in [1.165, 1.54) is 6.07 Å². The van der Waals surface area contributed by atoms with E-state index in [4.69, 9.17) is 28.9 Å². The Bertz CT molecular complexity index is 1030. The van der Waals surface area contributed by atoms with E-state index in [9.17, 15) is 4.79 Å². The van der Waals surface area contributed by atoms with Crippen molar-refractivity contribution in [1.29, 1.82) is 0 Å². The zero-order valence-corrected chi connectivity index (χ0v) is 22.3. The maximum atomic E-state index is 15.5. The minimum absolute atomic E-state index is 0.00378. The number of carbonyl (C=O) groups is 1. The first kappa shape index (κ1) is 26.9. The standard InChI is InChI=1S/C27H36Cl2FN3O/c1-25(2,3)14-20-27(31,16-10-12-17(28)13-11-16)21(18-8-7-9-19(29)22(18)30)23(33-20)24(34)32-15-26(4,5)6/h7-13,20-21,23,33H,14-15,31H2,1-6H3,(H,32,34). The molecule has 0 bridgehead atoms. The fourth-order valence-electron chi connectivity index (χ4n) is 4.79. The molecule has 4 nitrogen and oxygen atoms in total. The molecule has 34 heavy (non-hydrogen) atoms. The molecule has 186 valence electrons. The molecular formula is C27H36Cl2FN3O. The van der Waals surface area contributed by atoms with E-state index in [1.807, 2.05) is 32.9 Å². The fraction of sp³-hybridized carbons (Fsp3) is 0.519. The van der Waals surface area contributed by atoms with Crippen molar-refractivity contribution in [3.8, 4) is 0 Å². The van der Waals surface area contributed by atoms with Gasteiger partial charge in [0, 0.05) is 23.5 Å². The van der Waals surface area contributed by atoms with Crippen LogP contribution in [0.4, 0.5) is 4.39 Å². The van der Waals surface area contributed by atoms with E-state index in [2.05, 4.69) is 31.4 Å². The number of nitrogens with one attached hydrogen (secondary N) is 2. The van der Waals surface area contributed by atoms with Crippen molar-refractivity contribution in [3.05, 3.63) is 69.5 Å². The Balaban J connectivity index is 2.20. The summed E-state index contributed by atoms with van der Waals surface area (Å²) in [5, 5.41) is 7.13. The summed E-state index contributed by atoms with van der Waals surface area (Å²) in [7, 11) is 0. The van der Waals surface area contributed by atoms with Gasteiger partial charge in [-0.3, -0.25) is 4.79 Å². The molecule has 1 amide bonds. The Morgan fingerprint density at radius 3 is 2.24 bits per heavy atom. The van der Waals surface area contributed by atoms with Crippen LogP contribution in [-0.4, -0.2) is 24.5 Å². The molecular weight excluding hydrogens is 472 g/mol. The van der Waals surface area contributed by atoms with Gasteiger partial charge < -0.3 is 16.4 Å². The second kappa shape index (κ2) is 9.77. The van der Waals surface area contributed by atoms with Gasteiger partial charge in [-0.15, -0.1) is 0 Å².